The van der Waals surface area contributed by atoms with Gasteiger partial charge in [0, 0.05) is 11.1 Å². The van der Waals surface area contributed by atoms with Crippen molar-refractivity contribution in [2.45, 2.75) is 32.6 Å². The molecule has 1 aliphatic heterocycles. The van der Waals surface area contributed by atoms with Crippen molar-refractivity contribution in [3.63, 3.8) is 0 Å². The fourth-order valence-electron chi connectivity index (χ4n) is 2.07. The van der Waals surface area contributed by atoms with E-state index in [-0.39, 0.29) is 5.91 Å². The molecule has 2 N–H and O–H groups in total. The number of aryl methyl sites for hydroxylation is 1. The number of halogens is 1. The fourth-order valence-corrected chi connectivity index (χ4v) is 2.24. The Labute approximate surface area is 133 Å². The third-order valence-corrected chi connectivity index (χ3v) is 3.49. The van der Waals surface area contributed by atoms with Crippen molar-refractivity contribution < 1.29 is 19.4 Å². The molecule has 22 heavy (non-hydrogen) atoms. The Balaban J connectivity index is 2.20. The minimum Gasteiger partial charge on any atom is -0.479 e. The van der Waals surface area contributed by atoms with Gasteiger partial charge in [0.15, 0.2) is 6.10 Å². The molecule has 2 atom stereocenters. The molecule has 1 aromatic carbocycles. The van der Waals surface area contributed by atoms with Gasteiger partial charge in [0.05, 0.1) is 5.69 Å². The van der Waals surface area contributed by atoms with Crippen molar-refractivity contribution in [3.05, 3.63) is 40.9 Å². The number of nitrogens with one attached hydrogen (secondary N) is 1. The lowest BCUT2D eigenvalue weighted by molar-refractivity contribution is -0.154. The molecule has 6 nitrogen and oxygen atoms in total. The Hall–Kier alpha value is -1.89. The SMILES string of the molecule is CC[C@H](O[C@@H]1C=CC(=O)N(c2cc(Cl)ccc2C)N1)C(=O)O. The van der Waals surface area contributed by atoms with Gasteiger partial charge in [-0.1, -0.05) is 24.6 Å². The fraction of sp³-hybridized carbons (Fsp3) is 0.333. The Morgan fingerprint density at radius 2 is 2.27 bits per heavy atom. The largest absolute Gasteiger partial charge is 0.479 e. The highest BCUT2D eigenvalue weighted by Gasteiger charge is 2.27. The van der Waals surface area contributed by atoms with Crippen LogP contribution in [-0.2, 0) is 14.3 Å². The maximum Gasteiger partial charge on any atom is 0.332 e. The number of amides is 1. The average molecular weight is 325 g/mol. The molecular formula is C15H17ClN2O4. The second-order valence-corrected chi connectivity index (χ2v) is 5.32. The van der Waals surface area contributed by atoms with Crippen LogP contribution >= 0.6 is 11.6 Å². The summed E-state index contributed by atoms with van der Waals surface area (Å²) < 4.78 is 5.45. The predicted octanol–water partition coefficient (Wildman–Crippen LogP) is 2.26. The van der Waals surface area contributed by atoms with E-state index < -0.39 is 18.3 Å². The Morgan fingerprint density at radius 1 is 1.55 bits per heavy atom. The number of carbonyl (C=O) groups excluding carboxylic acids is 1. The minimum atomic E-state index is -1.04. The zero-order valence-electron chi connectivity index (χ0n) is 12.2. The second-order valence-electron chi connectivity index (χ2n) is 4.88. The van der Waals surface area contributed by atoms with E-state index >= 15 is 0 Å². The number of carbonyl (C=O) groups is 2. The number of benzene rings is 1. The van der Waals surface area contributed by atoms with Crippen molar-refractivity contribution in [2.24, 2.45) is 0 Å². The van der Waals surface area contributed by atoms with Crippen LogP contribution in [-0.4, -0.2) is 29.3 Å². The van der Waals surface area contributed by atoms with Gasteiger partial charge < -0.3 is 9.84 Å². The second kappa shape index (κ2) is 6.91. The van der Waals surface area contributed by atoms with Gasteiger partial charge in [0.1, 0.15) is 6.23 Å². The van der Waals surface area contributed by atoms with Crippen LogP contribution in [0.2, 0.25) is 5.02 Å². The van der Waals surface area contributed by atoms with Crippen molar-refractivity contribution in [3.8, 4) is 0 Å². The first-order valence-corrected chi connectivity index (χ1v) is 7.23. The zero-order valence-corrected chi connectivity index (χ0v) is 13.0. The van der Waals surface area contributed by atoms with Gasteiger partial charge in [-0.3, -0.25) is 4.79 Å². The molecule has 118 valence electrons. The number of hydrogen-bond acceptors (Lipinski definition) is 4. The molecule has 0 unspecified atom stereocenters. The number of hydrazine groups is 1. The first-order valence-electron chi connectivity index (χ1n) is 6.85. The lowest BCUT2D eigenvalue weighted by Crippen LogP contribution is -2.53. The van der Waals surface area contributed by atoms with Crippen LogP contribution in [0.3, 0.4) is 0 Å². The molecule has 0 spiro atoms. The van der Waals surface area contributed by atoms with Gasteiger partial charge in [0.25, 0.3) is 5.91 Å². The van der Waals surface area contributed by atoms with Crippen LogP contribution in [0, 0.1) is 6.92 Å². The minimum absolute atomic E-state index is 0.284. The number of anilines is 1. The van der Waals surface area contributed by atoms with Crippen LogP contribution in [0.4, 0.5) is 5.69 Å². The number of rotatable bonds is 5. The predicted molar refractivity (Wildman–Crippen MR) is 82.5 cm³/mol. The van der Waals surface area contributed by atoms with Gasteiger partial charge in [-0.05, 0) is 37.1 Å². The van der Waals surface area contributed by atoms with Crippen LogP contribution in [0.1, 0.15) is 18.9 Å². The molecule has 2 rings (SSSR count). The van der Waals surface area contributed by atoms with Gasteiger partial charge in [-0.2, -0.15) is 5.43 Å². The van der Waals surface area contributed by atoms with Crippen LogP contribution < -0.4 is 10.4 Å². The molecule has 0 radical (unpaired) electrons. The molecule has 0 saturated carbocycles. The summed E-state index contributed by atoms with van der Waals surface area (Å²) in [6, 6.07) is 5.19. The number of ether oxygens (including phenoxy) is 1. The van der Waals surface area contributed by atoms with Crippen molar-refractivity contribution in [1.82, 2.24) is 5.43 Å². The Morgan fingerprint density at radius 3 is 2.91 bits per heavy atom. The summed E-state index contributed by atoms with van der Waals surface area (Å²) in [4.78, 5) is 23.1. The monoisotopic (exact) mass is 324 g/mol. The molecular weight excluding hydrogens is 308 g/mol. The van der Waals surface area contributed by atoms with Crippen molar-refractivity contribution >= 4 is 29.2 Å². The molecule has 0 fully saturated rings. The molecule has 0 aliphatic carbocycles. The summed E-state index contributed by atoms with van der Waals surface area (Å²) in [5.74, 6) is -1.33. The van der Waals surface area contributed by atoms with E-state index in [1.54, 1.807) is 25.1 Å². The lowest BCUT2D eigenvalue weighted by atomic mass is 10.2. The van der Waals surface area contributed by atoms with Crippen molar-refractivity contribution in [1.29, 1.82) is 0 Å². The summed E-state index contributed by atoms with van der Waals surface area (Å²) in [7, 11) is 0. The Bertz CT molecular complexity index is 618. The average Bonchev–Trinajstić information content (AvgIpc) is 2.48. The smallest absolute Gasteiger partial charge is 0.332 e. The molecule has 0 saturated heterocycles. The summed E-state index contributed by atoms with van der Waals surface area (Å²) in [5.41, 5.74) is 4.31. The zero-order chi connectivity index (χ0) is 16.3. The van der Waals surface area contributed by atoms with E-state index in [1.807, 2.05) is 6.92 Å². The van der Waals surface area contributed by atoms with Gasteiger partial charge >= 0.3 is 5.97 Å². The molecule has 0 aromatic heterocycles. The molecule has 7 heteroatoms. The number of hydrogen-bond donors (Lipinski definition) is 2. The summed E-state index contributed by atoms with van der Waals surface area (Å²) >= 11 is 5.98. The lowest BCUT2D eigenvalue weighted by Gasteiger charge is -2.32. The standard InChI is InChI=1S/C15H17ClN2O4/c1-3-12(15(20)21)22-13-6-7-14(19)18(17-13)11-8-10(16)5-4-9(11)2/h4-8,12-13,17H,3H2,1-2H3,(H,20,21)/t12-,13+/m0/s1. The van der Waals surface area contributed by atoms with E-state index in [4.69, 9.17) is 21.4 Å². The summed E-state index contributed by atoms with van der Waals surface area (Å²) in [6.07, 6.45) is 1.50. The van der Waals surface area contributed by atoms with Crippen LogP contribution in [0.5, 0.6) is 0 Å². The molecule has 1 aliphatic rings. The first kappa shape index (κ1) is 16.5. The normalized spacial score (nSPS) is 19.3. The highest BCUT2D eigenvalue weighted by atomic mass is 35.5. The summed E-state index contributed by atoms with van der Waals surface area (Å²) in [5, 5.41) is 10.8. The van der Waals surface area contributed by atoms with E-state index in [0.717, 1.165) is 5.56 Å². The highest BCUT2D eigenvalue weighted by Crippen LogP contribution is 2.25. The maximum atomic E-state index is 12.1. The summed E-state index contributed by atoms with van der Waals surface area (Å²) in [6.45, 7) is 3.57. The number of carboxylic acids is 1. The number of carboxylic acid groups (broad SMARTS) is 1. The van der Waals surface area contributed by atoms with Crippen LogP contribution in [0.25, 0.3) is 0 Å². The topological polar surface area (TPSA) is 78.9 Å². The van der Waals surface area contributed by atoms with Crippen LogP contribution in [0.15, 0.2) is 30.4 Å². The third-order valence-electron chi connectivity index (χ3n) is 3.26. The van der Waals surface area contributed by atoms with Gasteiger partial charge in [-0.25, -0.2) is 9.80 Å². The quantitative estimate of drug-likeness (QED) is 0.868. The van der Waals surface area contributed by atoms with Crippen molar-refractivity contribution in [2.75, 3.05) is 5.01 Å². The molecule has 1 aromatic rings. The maximum absolute atomic E-state index is 12.1. The highest BCUT2D eigenvalue weighted by molar-refractivity contribution is 6.31. The third kappa shape index (κ3) is 3.65. The molecule has 1 amide bonds. The molecule has 1 heterocycles. The first-order chi connectivity index (χ1) is 10.4. The van der Waals surface area contributed by atoms with E-state index in [1.165, 1.54) is 17.2 Å². The van der Waals surface area contributed by atoms with E-state index in [0.29, 0.717) is 17.1 Å². The van der Waals surface area contributed by atoms with E-state index in [9.17, 15) is 9.59 Å². The van der Waals surface area contributed by atoms with Gasteiger partial charge in [0.2, 0.25) is 0 Å². The number of aliphatic carboxylic acids is 1. The number of nitrogens with zero attached hydrogens (tertiary/aromatic N) is 1. The van der Waals surface area contributed by atoms with E-state index in [2.05, 4.69) is 5.43 Å². The van der Waals surface area contributed by atoms with Gasteiger partial charge in [-0.15, -0.1) is 0 Å². The molecule has 0 bridgehead atoms. The Kier molecular flexibility index (Phi) is 5.18.